The third-order valence-electron chi connectivity index (χ3n) is 2.46. The van der Waals surface area contributed by atoms with Gasteiger partial charge in [0.1, 0.15) is 0 Å². The van der Waals surface area contributed by atoms with Gasteiger partial charge in [-0.25, -0.2) is 0 Å². The molecule has 0 saturated carbocycles. The smallest absolute Gasteiger partial charge is 0.393 e. The number of hydrogen-bond donors (Lipinski definition) is 2. The zero-order valence-corrected chi connectivity index (χ0v) is 11.5. The second kappa shape index (κ2) is 7.77. The minimum Gasteiger partial charge on any atom is -0.393 e. The predicted molar refractivity (Wildman–Crippen MR) is 71.0 cm³/mol. The van der Waals surface area contributed by atoms with Crippen molar-refractivity contribution in [2.24, 2.45) is 0 Å². The van der Waals surface area contributed by atoms with Crippen molar-refractivity contribution in [1.82, 2.24) is 5.32 Å². The molecule has 2 N–H and O–H groups in total. The van der Waals surface area contributed by atoms with E-state index in [1.54, 1.807) is 19.1 Å². The van der Waals surface area contributed by atoms with Crippen molar-refractivity contribution in [2.45, 2.75) is 42.8 Å². The molecular formula is C13H18F3NOS. The minimum atomic E-state index is -4.24. The molecule has 0 amide bonds. The summed E-state index contributed by atoms with van der Waals surface area (Å²) in [6.07, 6.45) is 1.33. The van der Waals surface area contributed by atoms with Gasteiger partial charge in [0, 0.05) is 11.4 Å². The number of aliphatic hydroxyl groups excluding tert-OH is 1. The van der Waals surface area contributed by atoms with Crippen molar-refractivity contribution >= 4 is 11.8 Å². The lowest BCUT2D eigenvalue weighted by molar-refractivity contribution is -0.0328. The Morgan fingerprint density at radius 2 is 1.89 bits per heavy atom. The van der Waals surface area contributed by atoms with E-state index in [2.05, 4.69) is 5.32 Å². The third-order valence-corrected chi connectivity index (χ3v) is 3.20. The normalized spacial score (nSPS) is 13.5. The van der Waals surface area contributed by atoms with Gasteiger partial charge in [-0.3, -0.25) is 0 Å². The van der Waals surface area contributed by atoms with Gasteiger partial charge in [-0.1, -0.05) is 12.1 Å². The largest absolute Gasteiger partial charge is 0.446 e. The van der Waals surface area contributed by atoms with Crippen LogP contribution in [-0.2, 0) is 6.54 Å². The van der Waals surface area contributed by atoms with Crippen LogP contribution in [0.1, 0.15) is 25.3 Å². The Labute approximate surface area is 115 Å². The lowest BCUT2D eigenvalue weighted by atomic mass is 10.2. The number of rotatable bonds is 7. The lowest BCUT2D eigenvalue weighted by Crippen LogP contribution is -2.16. The van der Waals surface area contributed by atoms with Crippen LogP contribution in [0.5, 0.6) is 0 Å². The number of halogens is 3. The molecule has 0 heterocycles. The Hall–Kier alpha value is -0.720. The highest BCUT2D eigenvalue weighted by Gasteiger charge is 2.28. The first-order valence-electron chi connectivity index (χ1n) is 6.10. The van der Waals surface area contributed by atoms with Gasteiger partial charge in [-0.15, -0.1) is 0 Å². The number of nitrogens with one attached hydrogen (secondary N) is 1. The first-order chi connectivity index (χ1) is 8.87. The van der Waals surface area contributed by atoms with Crippen molar-refractivity contribution in [3.8, 4) is 0 Å². The molecule has 1 atom stereocenters. The Morgan fingerprint density at radius 3 is 2.42 bits per heavy atom. The maximum absolute atomic E-state index is 12.1. The lowest BCUT2D eigenvalue weighted by Gasteiger charge is -2.08. The number of thioether (sulfide) groups is 1. The van der Waals surface area contributed by atoms with E-state index in [0.29, 0.717) is 6.54 Å². The highest BCUT2D eigenvalue weighted by molar-refractivity contribution is 8.00. The summed E-state index contributed by atoms with van der Waals surface area (Å²) in [7, 11) is 0. The summed E-state index contributed by atoms with van der Waals surface area (Å²) in [6.45, 7) is 3.15. The topological polar surface area (TPSA) is 32.3 Å². The number of benzene rings is 1. The maximum Gasteiger partial charge on any atom is 0.446 e. The van der Waals surface area contributed by atoms with Crippen molar-refractivity contribution in [2.75, 3.05) is 6.54 Å². The van der Waals surface area contributed by atoms with Gasteiger partial charge in [0.25, 0.3) is 0 Å². The van der Waals surface area contributed by atoms with Crippen LogP contribution in [0.4, 0.5) is 13.2 Å². The van der Waals surface area contributed by atoms with Gasteiger partial charge in [0.2, 0.25) is 0 Å². The van der Waals surface area contributed by atoms with Crippen molar-refractivity contribution in [1.29, 1.82) is 0 Å². The van der Waals surface area contributed by atoms with Gasteiger partial charge < -0.3 is 10.4 Å². The zero-order chi connectivity index (χ0) is 14.3. The summed E-state index contributed by atoms with van der Waals surface area (Å²) >= 11 is -0.104. The average Bonchev–Trinajstić information content (AvgIpc) is 2.28. The van der Waals surface area contributed by atoms with Gasteiger partial charge in [0.05, 0.1) is 6.10 Å². The van der Waals surface area contributed by atoms with Crippen molar-refractivity contribution < 1.29 is 18.3 Å². The predicted octanol–water partition coefficient (Wildman–Crippen LogP) is 3.55. The van der Waals surface area contributed by atoms with Gasteiger partial charge in [0.15, 0.2) is 0 Å². The Kier molecular flexibility index (Phi) is 6.68. The molecule has 1 aromatic rings. The molecule has 0 bridgehead atoms. The molecule has 1 rings (SSSR count). The molecule has 0 spiro atoms. The van der Waals surface area contributed by atoms with Crippen LogP contribution in [0.25, 0.3) is 0 Å². The molecule has 0 fully saturated rings. The number of hydrogen-bond acceptors (Lipinski definition) is 3. The summed E-state index contributed by atoms with van der Waals surface area (Å²) in [5.41, 5.74) is -3.29. The average molecular weight is 293 g/mol. The molecule has 2 nitrogen and oxygen atoms in total. The molecule has 19 heavy (non-hydrogen) atoms. The molecule has 0 saturated heterocycles. The van der Waals surface area contributed by atoms with Crippen molar-refractivity contribution in [3.63, 3.8) is 0 Å². The number of aliphatic hydroxyl groups is 1. The van der Waals surface area contributed by atoms with Crippen molar-refractivity contribution in [3.05, 3.63) is 29.8 Å². The summed E-state index contributed by atoms with van der Waals surface area (Å²) in [5.74, 6) is 0. The minimum absolute atomic E-state index is 0.104. The molecule has 1 aromatic carbocycles. The van der Waals surface area contributed by atoms with E-state index in [0.717, 1.165) is 24.9 Å². The summed E-state index contributed by atoms with van der Waals surface area (Å²) in [5, 5.41) is 12.3. The van der Waals surface area contributed by atoms with Crippen LogP contribution in [-0.4, -0.2) is 23.3 Å². The van der Waals surface area contributed by atoms with E-state index in [1.165, 1.54) is 12.1 Å². The van der Waals surface area contributed by atoms with E-state index in [9.17, 15) is 13.2 Å². The highest BCUT2D eigenvalue weighted by Crippen LogP contribution is 2.36. The summed E-state index contributed by atoms with van der Waals surface area (Å²) in [4.78, 5) is 0.199. The molecule has 0 aliphatic carbocycles. The molecule has 6 heteroatoms. The van der Waals surface area contributed by atoms with Gasteiger partial charge in [-0.2, -0.15) is 13.2 Å². The third kappa shape index (κ3) is 8.13. The monoisotopic (exact) mass is 293 g/mol. The second-order valence-electron chi connectivity index (χ2n) is 4.36. The fourth-order valence-electron chi connectivity index (χ4n) is 1.56. The van der Waals surface area contributed by atoms with E-state index in [-0.39, 0.29) is 22.8 Å². The Morgan fingerprint density at radius 1 is 1.26 bits per heavy atom. The first kappa shape index (κ1) is 16.3. The number of alkyl halides is 3. The molecule has 0 aromatic heterocycles. The van der Waals surface area contributed by atoms with Crippen LogP contribution < -0.4 is 5.32 Å². The van der Waals surface area contributed by atoms with E-state index in [4.69, 9.17) is 5.11 Å². The van der Waals surface area contributed by atoms with E-state index in [1.807, 2.05) is 0 Å². The van der Waals surface area contributed by atoms with E-state index < -0.39 is 5.51 Å². The quantitative estimate of drug-likeness (QED) is 0.595. The Bertz CT molecular complexity index is 365. The second-order valence-corrected chi connectivity index (χ2v) is 5.50. The highest BCUT2D eigenvalue weighted by atomic mass is 32.2. The molecule has 0 aliphatic rings. The molecule has 108 valence electrons. The molecule has 0 aliphatic heterocycles. The maximum atomic E-state index is 12.1. The molecule has 0 radical (unpaired) electrons. The fourth-order valence-corrected chi connectivity index (χ4v) is 2.10. The standard InChI is InChI=1S/C13H18F3NOS/c1-10(18)3-2-8-17-9-11-4-6-12(7-5-11)19-13(14,15)16/h4-7,10,17-18H,2-3,8-9H2,1H3. The summed E-state index contributed by atoms with van der Waals surface area (Å²) in [6, 6.07) is 6.33. The van der Waals surface area contributed by atoms with Crippen LogP contribution >= 0.6 is 11.8 Å². The van der Waals surface area contributed by atoms with Crippen LogP contribution in [0.2, 0.25) is 0 Å². The van der Waals surface area contributed by atoms with E-state index >= 15 is 0 Å². The first-order valence-corrected chi connectivity index (χ1v) is 6.92. The fraction of sp³-hybridized carbons (Fsp3) is 0.538. The SMILES string of the molecule is CC(O)CCCNCc1ccc(SC(F)(F)F)cc1. The van der Waals surface area contributed by atoms with Crippen LogP contribution in [0.15, 0.2) is 29.2 Å². The van der Waals surface area contributed by atoms with Crippen LogP contribution in [0, 0.1) is 0 Å². The van der Waals surface area contributed by atoms with Gasteiger partial charge >= 0.3 is 5.51 Å². The summed E-state index contributed by atoms with van der Waals surface area (Å²) < 4.78 is 36.4. The molecular weight excluding hydrogens is 275 g/mol. The van der Waals surface area contributed by atoms with Gasteiger partial charge in [-0.05, 0) is 55.8 Å². The van der Waals surface area contributed by atoms with Crippen LogP contribution in [0.3, 0.4) is 0 Å². The molecule has 1 unspecified atom stereocenters. The Balaban J connectivity index is 2.28. The zero-order valence-electron chi connectivity index (χ0n) is 10.7.